The first-order valence-electron chi connectivity index (χ1n) is 3.59. The van der Waals surface area contributed by atoms with Crippen LogP contribution < -0.4 is 0 Å². The van der Waals surface area contributed by atoms with Gasteiger partial charge in [0.05, 0.1) is 12.2 Å². The van der Waals surface area contributed by atoms with E-state index >= 15 is 0 Å². The first-order valence-corrected chi connectivity index (χ1v) is 4.57. The number of carbonyl (C=O) groups is 2. The third kappa shape index (κ3) is 7.83. The molecule has 76 valence electrons. The number of hydrogen-bond acceptors (Lipinski definition) is 3. The molecule has 13 heavy (non-hydrogen) atoms. The summed E-state index contributed by atoms with van der Waals surface area (Å²) < 4.78 is 34.7. The van der Waals surface area contributed by atoms with E-state index in [0.717, 1.165) is 0 Å². The highest BCUT2D eigenvalue weighted by Gasteiger charge is 2.28. The molecule has 0 aliphatic rings. The van der Waals surface area contributed by atoms with Crippen molar-refractivity contribution in [3.63, 3.8) is 0 Å². The predicted octanol–water partition coefficient (Wildman–Crippen LogP) is 2.18. The Morgan fingerprint density at radius 2 is 1.85 bits per heavy atom. The lowest BCUT2D eigenvalue weighted by atomic mass is 10.2. The van der Waals surface area contributed by atoms with E-state index in [1.807, 2.05) is 0 Å². The van der Waals surface area contributed by atoms with Crippen molar-refractivity contribution in [2.45, 2.75) is 25.9 Å². The Bertz CT molecular complexity index is 200. The summed E-state index contributed by atoms with van der Waals surface area (Å²) in [6.07, 6.45) is -4.58. The molecule has 0 heterocycles. The summed E-state index contributed by atoms with van der Waals surface area (Å²) in [5.74, 6) is -1.55. The summed E-state index contributed by atoms with van der Waals surface area (Å²) in [6, 6.07) is 0. The van der Waals surface area contributed by atoms with Crippen molar-refractivity contribution in [1.29, 1.82) is 0 Å². The third-order valence-corrected chi connectivity index (χ3v) is 2.07. The molecule has 2 nitrogen and oxygen atoms in total. The van der Waals surface area contributed by atoms with Crippen LogP contribution >= 0.6 is 11.8 Å². The fourth-order valence-electron chi connectivity index (χ4n) is 0.499. The molecule has 0 radical (unpaired) electrons. The highest BCUT2D eigenvalue weighted by Crippen LogP contribution is 2.22. The van der Waals surface area contributed by atoms with Gasteiger partial charge in [-0.1, -0.05) is 18.7 Å². The molecule has 6 heteroatoms. The van der Waals surface area contributed by atoms with Gasteiger partial charge in [0, 0.05) is 6.42 Å². The molecule has 0 aliphatic carbocycles. The molecule has 0 saturated carbocycles. The van der Waals surface area contributed by atoms with E-state index in [9.17, 15) is 22.8 Å². The van der Waals surface area contributed by atoms with E-state index in [4.69, 9.17) is 0 Å². The maximum Gasteiger partial charge on any atom is 0.398 e. The molecule has 0 aromatic rings. The van der Waals surface area contributed by atoms with Crippen molar-refractivity contribution in [3.8, 4) is 0 Å². The number of alkyl halides is 3. The van der Waals surface area contributed by atoms with Gasteiger partial charge in [0.2, 0.25) is 0 Å². The molecular weight excluding hydrogens is 205 g/mol. The van der Waals surface area contributed by atoms with Crippen molar-refractivity contribution in [2.24, 2.45) is 0 Å². The zero-order valence-corrected chi connectivity index (χ0v) is 7.80. The zero-order chi connectivity index (χ0) is 10.5. The zero-order valence-electron chi connectivity index (χ0n) is 6.98. The Morgan fingerprint density at radius 3 is 2.23 bits per heavy atom. The van der Waals surface area contributed by atoms with Crippen molar-refractivity contribution >= 4 is 22.7 Å². The average molecular weight is 214 g/mol. The van der Waals surface area contributed by atoms with Gasteiger partial charge < -0.3 is 0 Å². The number of thioether (sulfide) groups is 1. The average Bonchev–Trinajstić information content (AvgIpc) is 1.99. The first kappa shape index (κ1) is 12.5. The molecule has 0 spiro atoms. The normalized spacial score (nSPS) is 11.4. The highest BCUT2D eigenvalue weighted by atomic mass is 32.2. The molecule has 0 unspecified atom stereocenters. The van der Waals surface area contributed by atoms with Gasteiger partial charge in [-0.3, -0.25) is 9.59 Å². The number of carbonyl (C=O) groups excluding carboxylic acids is 2. The molecule has 0 atom stereocenters. The summed E-state index contributed by atoms with van der Waals surface area (Å²) in [6.45, 7) is 1.56. The lowest BCUT2D eigenvalue weighted by molar-refractivity contribution is -0.123. The predicted molar refractivity (Wildman–Crippen MR) is 43.4 cm³/mol. The summed E-state index contributed by atoms with van der Waals surface area (Å²) in [5.41, 5.74) is 0. The number of Topliss-reactive ketones (excluding diaryl/α,β-unsaturated/α-hetero) is 1. The molecule has 0 saturated heterocycles. The third-order valence-electron chi connectivity index (χ3n) is 1.13. The maximum absolute atomic E-state index is 11.6. The SMILES string of the molecule is CCC(=O)CC(=O)SCC(F)(F)F. The van der Waals surface area contributed by atoms with Crippen LogP contribution in [-0.2, 0) is 9.59 Å². The second-order valence-electron chi connectivity index (χ2n) is 2.34. The maximum atomic E-state index is 11.6. The van der Waals surface area contributed by atoms with Gasteiger partial charge in [-0.25, -0.2) is 0 Å². The minimum Gasteiger partial charge on any atom is -0.299 e. The summed E-state index contributed by atoms with van der Waals surface area (Å²) in [7, 11) is 0. The molecular formula is C7H9F3O2S. The van der Waals surface area contributed by atoms with E-state index in [1.54, 1.807) is 6.92 Å². The Kier molecular flexibility index (Phi) is 5.05. The van der Waals surface area contributed by atoms with E-state index in [0.29, 0.717) is 0 Å². The lowest BCUT2D eigenvalue weighted by Gasteiger charge is -2.03. The topological polar surface area (TPSA) is 34.1 Å². The summed E-state index contributed by atoms with van der Waals surface area (Å²) >= 11 is 0.142. The minimum atomic E-state index is -4.35. The molecule has 0 N–H and O–H groups in total. The monoisotopic (exact) mass is 214 g/mol. The van der Waals surface area contributed by atoms with Crippen LogP contribution in [0.3, 0.4) is 0 Å². The van der Waals surface area contributed by atoms with Crippen LogP contribution in [0.1, 0.15) is 19.8 Å². The van der Waals surface area contributed by atoms with Crippen molar-refractivity contribution in [3.05, 3.63) is 0 Å². The van der Waals surface area contributed by atoms with E-state index in [-0.39, 0.29) is 24.0 Å². The van der Waals surface area contributed by atoms with Crippen LogP contribution in [0.15, 0.2) is 0 Å². The minimum absolute atomic E-state index is 0.142. The van der Waals surface area contributed by atoms with Crippen LogP contribution in [0.2, 0.25) is 0 Å². The smallest absolute Gasteiger partial charge is 0.299 e. The van der Waals surface area contributed by atoms with Crippen molar-refractivity contribution in [1.82, 2.24) is 0 Å². The Labute approximate surface area is 77.9 Å². The molecule has 0 rings (SSSR count). The van der Waals surface area contributed by atoms with Crippen LogP contribution in [0.5, 0.6) is 0 Å². The molecule has 0 fully saturated rings. The number of rotatable bonds is 4. The number of halogens is 3. The standard InChI is InChI=1S/C7H9F3O2S/c1-2-5(11)3-6(12)13-4-7(8,9)10/h2-4H2,1H3. The molecule has 0 amide bonds. The van der Waals surface area contributed by atoms with E-state index < -0.39 is 23.5 Å². The largest absolute Gasteiger partial charge is 0.398 e. The van der Waals surface area contributed by atoms with E-state index in [2.05, 4.69) is 0 Å². The molecule has 0 aromatic carbocycles. The van der Waals surface area contributed by atoms with E-state index in [1.165, 1.54) is 0 Å². The molecule has 0 aromatic heterocycles. The Balaban J connectivity index is 3.70. The van der Waals surface area contributed by atoms with Gasteiger partial charge in [0.15, 0.2) is 5.12 Å². The fraction of sp³-hybridized carbons (Fsp3) is 0.714. The van der Waals surface area contributed by atoms with Gasteiger partial charge in [-0.05, 0) is 0 Å². The van der Waals surface area contributed by atoms with Crippen molar-refractivity contribution in [2.75, 3.05) is 5.75 Å². The Morgan fingerprint density at radius 1 is 1.31 bits per heavy atom. The van der Waals surface area contributed by atoms with Crippen LogP contribution in [0.25, 0.3) is 0 Å². The van der Waals surface area contributed by atoms with Crippen molar-refractivity contribution < 1.29 is 22.8 Å². The van der Waals surface area contributed by atoms with Crippen LogP contribution in [-0.4, -0.2) is 22.8 Å². The van der Waals surface area contributed by atoms with Gasteiger partial charge in [0.25, 0.3) is 0 Å². The quantitative estimate of drug-likeness (QED) is 0.672. The van der Waals surface area contributed by atoms with Crippen LogP contribution in [0.4, 0.5) is 13.2 Å². The molecule has 0 bridgehead atoms. The summed E-state index contributed by atoms with van der Waals surface area (Å²) in [4.78, 5) is 21.3. The molecule has 0 aliphatic heterocycles. The van der Waals surface area contributed by atoms with Gasteiger partial charge in [-0.2, -0.15) is 13.2 Å². The highest BCUT2D eigenvalue weighted by molar-refractivity contribution is 8.13. The van der Waals surface area contributed by atoms with Crippen LogP contribution in [0, 0.1) is 0 Å². The Hall–Kier alpha value is -0.520. The number of hydrogen-bond donors (Lipinski definition) is 0. The lowest BCUT2D eigenvalue weighted by Crippen LogP contribution is -2.14. The number of ketones is 1. The van der Waals surface area contributed by atoms with Gasteiger partial charge in [0.1, 0.15) is 5.78 Å². The first-order chi connectivity index (χ1) is 5.85. The second-order valence-corrected chi connectivity index (χ2v) is 3.38. The second kappa shape index (κ2) is 5.26. The fourth-order valence-corrected chi connectivity index (χ4v) is 1.09. The summed E-state index contributed by atoms with van der Waals surface area (Å²) in [5, 5.41) is -0.718. The van der Waals surface area contributed by atoms with Gasteiger partial charge >= 0.3 is 6.18 Å². The van der Waals surface area contributed by atoms with Gasteiger partial charge in [-0.15, -0.1) is 0 Å².